The van der Waals surface area contributed by atoms with Crippen molar-refractivity contribution >= 4 is 11.8 Å². The van der Waals surface area contributed by atoms with Crippen LogP contribution in [0.25, 0.3) is 0 Å². The molecule has 18 heavy (non-hydrogen) atoms. The zero-order chi connectivity index (χ0) is 12.7. The van der Waals surface area contributed by atoms with E-state index in [1.54, 1.807) is 12.3 Å². The van der Waals surface area contributed by atoms with Gasteiger partial charge in [0, 0.05) is 24.5 Å². The van der Waals surface area contributed by atoms with Crippen molar-refractivity contribution in [2.45, 2.75) is 37.8 Å². The molecule has 0 bridgehead atoms. The van der Waals surface area contributed by atoms with Crippen LogP contribution in [0.3, 0.4) is 0 Å². The molecular formula is C13H15N3O2. The van der Waals surface area contributed by atoms with Gasteiger partial charge in [-0.2, -0.15) is 0 Å². The van der Waals surface area contributed by atoms with Crippen LogP contribution in [0, 0.1) is 0 Å². The van der Waals surface area contributed by atoms with E-state index in [2.05, 4.69) is 4.98 Å². The van der Waals surface area contributed by atoms with Crippen LogP contribution >= 0.6 is 0 Å². The number of hydrogen-bond acceptors (Lipinski definition) is 4. The molecule has 1 aromatic rings. The monoisotopic (exact) mass is 245 g/mol. The van der Waals surface area contributed by atoms with Gasteiger partial charge >= 0.3 is 0 Å². The van der Waals surface area contributed by atoms with E-state index in [9.17, 15) is 9.59 Å². The SMILES string of the molecule is NC1CCC(N2C(=O)c3ccncc3C2=O)CC1. The molecule has 0 unspecified atom stereocenters. The third kappa shape index (κ3) is 1.62. The highest BCUT2D eigenvalue weighted by atomic mass is 16.2. The molecule has 0 atom stereocenters. The molecule has 1 aliphatic carbocycles. The Morgan fingerprint density at radius 3 is 2.44 bits per heavy atom. The quantitative estimate of drug-likeness (QED) is 0.747. The number of carbonyl (C=O) groups excluding carboxylic acids is 2. The molecule has 1 aromatic heterocycles. The Bertz CT molecular complexity index is 472. The van der Waals surface area contributed by atoms with Gasteiger partial charge in [0.25, 0.3) is 11.8 Å². The Kier molecular flexibility index (Phi) is 2.63. The number of rotatable bonds is 1. The summed E-state index contributed by atoms with van der Waals surface area (Å²) in [5, 5.41) is 0. The van der Waals surface area contributed by atoms with Gasteiger partial charge in [-0.05, 0) is 31.7 Å². The average molecular weight is 245 g/mol. The third-order valence-electron chi connectivity index (χ3n) is 3.83. The summed E-state index contributed by atoms with van der Waals surface area (Å²) in [5.41, 5.74) is 6.76. The summed E-state index contributed by atoms with van der Waals surface area (Å²) in [6, 6.07) is 1.82. The topological polar surface area (TPSA) is 76.3 Å². The number of pyridine rings is 1. The third-order valence-corrected chi connectivity index (χ3v) is 3.83. The Morgan fingerprint density at radius 2 is 1.78 bits per heavy atom. The van der Waals surface area contributed by atoms with Crippen LogP contribution in [-0.4, -0.2) is 33.8 Å². The molecule has 5 heteroatoms. The van der Waals surface area contributed by atoms with E-state index in [-0.39, 0.29) is 23.9 Å². The van der Waals surface area contributed by atoms with Gasteiger partial charge in [0.05, 0.1) is 11.1 Å². The van der Waals surface area contributed by atoms with Gasteiger partial charge in [-0.1, -0.05) is 0 Å². The Labute approximate surface area is 105 Å². The maximum atomic E-state index is 12.2. The van der Waals surface area contributed by atoms with Gasteiger partial charge in [-0.15, -0.1) is 0 Å². The fourth-order valence-corrected chi connectivity index (χ4v) is 2.79. The molecule has 0 radical (unpaired) electrons. The summed E-state index contributed by atoms with van der Waals surface area (Å²) in [6.07, 6.45) is 6.38. The predicted molar refractivity (Wildman–Crippen MR) is 65.0 cm³/mol. The zero-order valence-electron chi connectivity index (χ0n) is 10.0. The van der Waals surface area contributed by atoms with Gasteiger partial charge in [0.1, 0.15) is 0 Å². The fraction of sp³-hybridized carbons (Fsp3) is 0.462. The molecular weight excluding hydrogens is 230 g/mol. The smallest absolute Gasteiger partial charge is 0.263 e. The van der Waals surface area contributed by atoms with Crippen molar-refractivity contribution in [3.05, 3.63) is 29.6 Å². The van der Waals surface area contributed by atoms with Crippen molar-refractivity contribution in [2.75, 3.05) is 0 Å². The first-order valence-electron chi connectivity index (χ1n) is 6.26. The lowest BCUT2D eigenvalue weighted by molar-refractivity contribution is 0.0543. The molecule has 0 aromatic carbocycles. The lowest BCUT2D eigenvalue weighted by Crippen LogP contribution is -2.43. The van der Waals surface area contributed by atoms with Crippen LogP contribution in [0.5, 0.6) is 0 Å². The number of nitrogens with two attached hydrogens (primary N) is 1. The molecule has 94 valence electrons. The van der Waals surface area contributed by atoms with E-state index in [0.717, 1.165) is 25.7 Å². The summed E-state index contributed by atoms with van der Waals surface area (Å²) in [7, 11) is 0. The van der Waals surface area contributed by atoms with E-state index >= 15 is 0 Å². The Morgan fingerprint density at radius 1 is 1.11 bits per heavy atom. The molecule has 2 heterocycles. The number of hydrogen-bond donors (Lipinski definition) is 1. The highest BCUT2D eigenvalue weighted by molar-refractivity contribution is 6.21. The first-order valence-corrected chi connectivity index (χ1v) is 6.26. The molecule has 3 rings (SSSR count). The van der Waals surface area contributed by atoms with E-state index in [4.69, 9.17) is 5.73 Å². The predicted octanol–water partition coefficient (Wildman–Crippen LogP) is 0.947. The second kappa shape index (κ2) is 4.17. The maximum absolute atomic E-state index is 12.2. The molecule has 5 nitrogen and oxygen atoms in total. The number of aromatic nitrogens is 1. The minimum atomic E-state index is -0.205. The zero-order valence-corrected chi connectivity index (χ0v) is 10.0. The van der Waals surface area contributed by atoms with Gasteiger partial charge in [0.2, 0.25) is 0 Å². The number of fused-ring (bicyclic) bond motifs is 1. The summed E-state index contributed by atoms with van der Waals surface area (Å²) >= 11 is 0. The highest BCUT2D eigenvalue weighted by Crippen LogP contribution is 2.30. The van der Waals surface area contributed by atoms with Gasteiger partial charge in [-0.3, -0.25) is 19.5 Å². The first-order chi connectivity index (χ1) is 8.68. The molecule has 0 saturated heterocycles. The van der Waals surface area contributed by atoms with Crippen molar-refractivity contribution in [1.82, 2.24) is 9.88 Å². The molecule has 2 aliphatic rings. The summed E-state index contributed by atoms with van der Waals surface area (Å²) in [6.45, 7) is 0. The molecule has 2 N–H and O–H groups in total. The molecule has 0 spiro atoms. The van der Waals surface area contributed by atoms with Crippen LogP contribution in [0.15, 0.2) is 18.5 Å². The normalized spacial score (nSPS) is 27.5. The standard InChI is InChI=1S/C13H15N3O2/c14-8-1-3-9(4-2-8)16-12(17)10-5-6-15-7-11(10)13(16)18/h5-9H,1-4,14H2. The second-order valence-corrected chi connectivity index (χ2v) is 4.97. The minimum absolute atomic E-state index is 0.00259. The van der Waals surface area contributed by atoms with E-state index < -0.39 is 0 Å². The Hall–Kier alpha value is -1.75. The largest absolute Gasteiger partial charge is 0.328 e. The van der Waals surface area contributed by atoms with Crippen LogP contribution in [0.4, 0.5) is 0 Å². The van der Waals surface area contributed by atoms with Crippen LogP contribution < -0.4 is 5.73 Å². The average Bonchev–Trinajstić information content (AvgIpc) is 2.64. The van der Waals surface area contributed by atoms with Gasteiger partial charge in [0.15, 0.2) is 0 Å². The highest BCUT2D eigenvalue weighted by Gasteiger charge is 2.40. The summed E-state index contributed by atoms with van der Waals surface area (Å²) < 4.78 is 0. The molecule has 1 saturated carbocycles. The van der Waals surface area contributed by atoms with Crippen LogP contribution in [0.1, 0.15) is 46.4 Å². The van der Waals surface area contributed by atoms with Gasteiger partial charge in [-0.25, -0.2) is 0 Å². The fourth-order valence-electron chi connectivity index (χ4n) is 2.79. The van der Waals surface area contributed by atoms with Crippen LogP contribution in [-0.2, 0) is 0 Å². The second-order valence-electron chi connectivity index (χ2n) is 4.97. The lowest BCUT2D eigenvalue weighted by Gasteiger charge is -2.31. The summed E-state index contributed by atoms with van der Waals surface area (Å²) in [4.78, 5) is 29.8. The lowest BCUT2D eigenvalue weighted by atomic mass is 9.91. The summed E-state index contributed by atoms with van der Waals surface area (Å²) in [5.74, 6) is -0.388. The maximum Gasteiger partial charge on any atom is 0.263 e. The molecule has 1 fully saturated rings. The first kappa shape index (κ1) is 11.3. The van der Waals surface area contributed by atoms with E-state index in [1.165, 1.54) is 11.1 Å². The Balaban J connectivity index is 1.88. The van der Waals surface area contributed by atoms with E-state index in [0.29, 0.717) is 11.1 Å². The van der Waals surface area contributed by atoms with Crippen molar-refractivity contribution in [3.63, 3.8) is 0 Å². The number of amides is 2. The van der Waals surface area contributed by atoms with E-state index in [1.807, 2.05) is 0 Å². The number of carbonyl (C=O) groups is 2. The molecule has 2 amide bonds. The minimum Gasteiger partial charge on any atom is -0.328 e. The van der Waals surface area contributed by atoms with Gasteiger partial charge < -0.3 is 5.73 Å². The van der Waals surface area contributed by atoms with Crippen molar-refractivity contribution in [3.8, 4) is 0 Å². The van der Waals surface area contributed by atoms with Crippen LogP contribution in [0.2, 0.25) is 0 Å². The molecule has 1 aliphatic heterocycles. The van der Waals surface area contributed by atoms with Crippen molar-refractivity contribution in [1.29, 1.82) is 0 Å². The number of imide groups is 1. The van der Waals surface area contributed by atoms with Crippen molar-refractivity contribution in [2.24, 2.45) is 5.73 Å². The van der Waals surface area contributed by atoms with Crippen molar-refractivity contribution < 1.29 is 9.59 Å². The number of nitrogens with zero attached hydrogens (tertiary/aromatic N) is 2.